The first-order chi connectivity index (χ1) is 7.15. The van der Waals surface area contributed by atoms with Crippen molar-refractivity contribution in [2.45, 2.75) is 25.3 Å². The molecule has 0 aliphatic rings. The fraction of sp³-hybridized carbons (Fsp3) is 0.455. The number of hydrogen-bond donors (Lipinski definition) is 2. The van der Waals surface area contributed by atoms with Crippen molar-refractivity contribution in [2.24, 2.45) is 11.5 Å². The molecule has 4 heteroatoms. The molecule has 84 valence electrons. The predicted molar refractivity (Wildman–Crippen MR) is 61.2 cm³/mol. The molecule has 0 fully saturated rings. The summed E-state index contributed by atoms with van der Waals surface area (Å²) in [6.45, 7) is 0.644. The fourth-order valence-corrected chi connectivity index (χ4v) is 1.64. The summed E-state index contributed by atoms with van der Waals surface area (Å²) >= 11 is 5.78. The minimum Gasteiger partial charge on any atom is -0.330 e. The summed E-state index contributed by atoms with van der Waals surface area (Å²) in [5.41, 5.74) is 11.7. The maximum absolute atomic E-state index is 13.4. The zero-order valence-corrected chi connectivity index (χ0v) is 9.30. The molecule has 0 heterocycles. The van der Waals surface area contributed by atoms with Crippen molar-refractivity contribution in [3.05, 3.63) is 34.6 Å². The maximum Gasteiger partial charge on any atom is 0.128 e. The van der Waals surface area contributed by atoms with E-state index in [1.54, 1.807) is 6.07 Å². The van der Waals surface area contributed by atoms with Crippen molar-refractivity contribution < 1.29 is 4.39 Å². The van der Waals surface area contributed by atoms with Gasteiger partial charge in [-0.1, -0.05) is 18.0 Å². The molecule has 1 aromatic rings. The van der Waals surface area contributed by atoms with Crippen molar-refractivity contribution in [2.75, 3.05) is 6.54 Å². The topological polar surface area (TPSA) is 52.0 Å². The molecule has 0 amide bonds. The maximum atomic E-state index is 13.4. The molecule has 0 saturated heterocycles. The molecular weight excluding hydrogens is 215 g/mol. The number of benzene rings is 1. The molecule has 4 N–H and O–H groups in total. The molecule has 15 heavy (non-hydrogen) atoms. The largest absolute Gasteiger partial charge is 0.330 e. The lowest BCUT2D eigenvalue weighted by molar-refractivity contribution is 0.543. The van der Waals surface area contributed by atoms with E-state index in [-0.39, 0.29) is 11.9 Å². The standard InChI is InChI=1S/C11H16ClFN2/c12-8-4-5-10(13)9(7-8)11(15)3-1-2-6-14/h4-5,7,11H,1-3,6,14-15H2/t11-/m0/s1. The van der Waals surface area contributed by atoms with Crippen molar-refractivity contribution >= 4 is 11.6 Å². The lowest BCUT2D eigenvalue weighted by atomic mass is 10.0. The number of hydrogen-bond acceptors (Lipinski definition) is 2. The summed E-state index contributed by atoms with van der Waals surface area (Å²) in [6.07, 6.45) is 2.55. The van der Waals surface area contributed by atoms with Crippen LogP contribution in [0.25, 0.3) is 0 Å². The molecule has 1 atom stereocenters. The molecule has 0 radical (unpaired) electrons. The van der Waals surface area contributed by atoms with Gasteiger partial charge in [0, 0.05) is 16.6 Å². The summed E-state index contributed by atoms with van der Waals surface area (Å²) in [5.74, 6) is -0.292. The van der Waals surface area contributed by atoms with Gasteiger partial charge in [0.2, 0.25) is 0 Å². The van der Waals surface area contributed by atoms with Crippen molar-refractivity contribution in [3.8, 4) is 0 Å². The second kappa shape index (κ2) is 6.05. The van der Waals surface area contributed by atoms with Crippen LogP contribution in [0.1, 0.15) is 30.9 Å². The second-order valence-corrected chi connectivity index (χ2v) is 3.99. The third kappa shape index (κ3) is 3.78. The third-order valence-electron chi connectivity index (χ3n) is 2.33. The van der Waals surface area contributed by atoms with Crippen LogP contribution < -0.4 is 11.5 Å². The third-order valence-corrected chi connectivity index (χ3v) is 2.56. The fourth-order valence-electron chi connectivity index (χ4n) is 1.46. The first-order valence-electron chi connectivity index (χ1n) is 5.05. The minimum atomic E-state index is -0.296. The van der Waals surface area contributed by atoms with E-state index in [1.165, 1.54) is 12.1 Å². The Hall–Kier alpha value is -0.640. The van der Waals surface area contributed by atoms with Crippen LogP contribution in [0.4, 0.5) is 4.39 Å². The van der Waals surface area contributed by atoms with Gasteiger partial charge in [-0.2, -0.15) is 0 Å². The lowest BCUT2D eigenvalue weighted by Gasteiger charge is -2.12. The van der Waals surface area contributed by atoms with Gasteiger partial charge in [0.15, 0.2) is 0 Å². The predicted octanol–water partition coefficient (Wildman–Crippen LogP) is 2.61. The normalized spacial score (nSPS) is 12.8. The van der Waals surface area contributed by atoms with Gasteiger partial charge < -0.3 is 11.5 Å². The van der Waals surface area contributed by atoms with Crippen LogP contribution in [0, 0.1) is 5.82 Å². The Morgan fingerprint density at radius 3 is 2.73 bits per heavy atom. The van der Waals surface area contributed by atoms with E-state index < -0.39 is 0 Å². The minimum absolute atomic E-state index is 0.292. The van der Waals surface area contributed by atoms with E-state index in [1.807, 2.05) is 0 Å². The summed E-state index contributed by atoms with van der Waals surface area (Å²) in [5, 5.41) is 0.515. The Morgan fingerprint density at radius 2 is 2.07 bits per heavy atom. The SMILES string of the molecule is NCCCC[C@H](N)c1cc(Cl)ccc1F. The van der Waals surface area contributed by atoms with Gasteiger partial charge in [-0.05, 0) is 37.6 Å². The molecule has 2 nitrogen and oxygen atoms in total. The van der Waals surface area contributed by atoms with Crippen LogP contribution in [0.3, 0.4) is 0 Å². The van der Waals surface area contributed by atoms with E-state index >= 15 is 0 Å². The van der Waals surface area contributed by atoms with Gasteiger partial charge in [-0.25, -0.2) is 4.39 Å². The van der Waals surface area contributed by atoms with Gasteiger partial charge >= 0.3 is 0 Å². The summed E-state index contributed by atoms with van der Waals surface area (Å²) in [4.78, 5) is 0. The van der Waals surface area contributed by atoms with Crippen LogP contribution in [0.15, 0.2) is 18.2 Å². The van der Waals surface area contributed by atoms with E-state index in [0.717, 1.165) is 19.3 Å². The molecule has 0 unspecified atom stereocenters. The van der Waals surface area contributed by atoms with Crippen molar-refractivity contribution in [1.82, 2.24) is 0 Å². The molecule has 1 aromatic carbocycles. The van der Waals surface area contributed by atoms with Crippen molar-refractivity contribution in [3.63, 3.8) is 0 Å². The summed E-state index contributed by atoms with van der Waals surface area (Å²) < 4.78 is 13.4. The van der Waals surface area contributed by atoms with Gasteiger partial charge in [0.25, 0.3) is 0 Å². The Bertz CT molecular complexity index is 317. The summed E-state index contributed by atoms with van der Waals surface area (Å²) in [7, 11) is 0. The van der Waals surface area contributed by atoms with E-state index in [4.69, 9.17) is 23.1 Å². The molecule has 0 saturated carbocycles. The van der Waals surface area contributed by atoms with Crippen molar-refractivity contribution in [1.29, 1.82) is 0 Å². The zero-order valence-electron chi connectivity index (χ0n) is 8.55. The van der Waals surface area contributed by atoms with E-state index in [9.17, 15) is 4.39 Å². The Kier molecular flexibility index (Phi) is 5.02. The van der Waals surface area contributed by atoms with Crippen LogP contribution in [0.5, 0.6) is 0 Å². The highest BCUT2D eigenvalue weighted by Crippen LogP contribution is 2.23. The second-order valence-electron chi connectivity index (χ2n) is 3.56. The Labute approximate surface area is 94.4 Å². The molecule has 0 spiro atoms. The molecule has 0 aromatic heterocycles. The van der Waals surface area contributed by atoms with Crippen LogP contribution in [-0.4, -0.2) is 6.54 Å². The Balaban J connectivity index is 2.64. The number of nitrogens with two attached hydrogens (primary N) is 2. The van der Waals surface area contributed by atoms with Crippen LogP contribution >= 0.6 is 11.6 Å². The monoisotopic (exact) mass is 230 g/mol. The smallest absolute Gasteiger partial charge is 0.128 e. The quantitative estimate of drug-likeness (QED) is 0.764. The average molecular weight is 231 g/mol. The van der Waals surface area contributed by atoms with E-state index in [0.29, 0.717) is 17.1 Å². The number of halogens is 2. The molecule has 0 aliphatic carbocycles. The Morgan fingerprint density at radius 1 is 1.33 bits per heavy atom. The number of rotatable bonds is 5. The average Bonchev–Trinajstić information content (AvgIpc) is 2.22. The molecule has 0 bridgehead atoms. The molecular formula is C11H16ClFN2. The van der Waals surface area contributed by atoms with Gasteiger partial charge in [0.1, 0.15) is 5.82 Å². The van der Waals surface area contributed by atoms with Gasteiger partial charge in [0.05, 0.1) is 0 Å². The first-order valence-corrected chi connectivity index (χ1v) is 5.43. The highest BCUT2D eigenvalue weighted by Gasteiger charge is 2.11. The van der Waals surface area contributed by atoms with Gasteiger partial charge in [-0.3, -0.25) is 0 Å². The molecule has 1 rings (SSSR count). The molecule has 0 aliphatic heterocycles. The van der Waals surface area contributed by atoms with Crippen LogP contribution in [0.2, 0.25) is 5.02 Å². The first kappa shape index (κ1) is 12.4. The zero-order chi connectivity index (χ0) is 11.3. The lowest BCUT2D eigenvalue weighted by Crippen LogP contribution is -2.12. The van der Waals surface area contributed by atoms with Crippen LogP contribution in [-0.2, 0) is 0 Å². The highest BCUT2D eigenvalue weighted by atomic mass is 35.5. The number of unbranched alkanes of at least 4 members (excludes halogenated alkanes) is 1. The summed E-state index contributed by atoms with van der Waals surface area (Å²) in [6, 6.07) is 4.16. The van der Waals surface area contributed by atoms with Gasteiger partial charge in [-0.15, -0.1) is 0 Å². The highest BCUT2D eigenvalue weighted by molar-refractivity contribution is 6.30. The van der Waals surface area contributed by atoms with E-state index in [2.05, 4.69) is 0 Å².